The summed E-state index contributed by atoms with van der Waals surface area (Å²) >= 11 is 0. The second-order valence-electron chi connectivity index (χ2n) is 4.59. The zero-order valence-electron chi connectivity index (χ0n) is 11.7. The number of hydrogen-bond donors (Lipinski definition) is 3. The Morgan fingerprint density at radius 3 is 2.48 bits per heavy atom. The second kappa shape index (κ2) is 7.39. The SMILES string of the molecule is CN(CCCCCO)S(=O)(=O)c1ccc(O)c(C(=O)O)c1. The average molecular weight is 317 g/mol. The summed E-state index contributed by atoms with van der Waals surface area (Å²) in [5, 5.41) is 27.0. The molecule has 0 aliphatic carbocycles. The molecule has 3 N–H and O–H groups in total. The van der Waals surface area contributed by atoms with Crippen molar-refractivity contribution < 1.29 is 28.5 Å². The van der Waals surface area contributed by atoms with Gasteiger partial charge >= 0.3 is 5.97 Å². The molecule has 0 radical (unpaired) electrons. The van der Waals surface area contributed by atoms with Crippen molar-refractivity contribution in [2.45, 2.75) is 24.2 Å². The van der Waals surface area contributed by atoms with Crippen LogP contribution in [0.3, 0.4) is 0 Å². The lowest BCUT2D eigenvalue weighted by molar-refractivity contribution is 0.0693. The number of phenols is 1. The number of rotatable bonds is 8. The summed E-state index contributed by atoms with van der Waals surface area (Å²) in [7, 11) is -2.40. The molecule has 0 saturated carbocycles. The molecule has 1 aromatic carbocycles. The first-order valence-electron chi connectivity index (χ1n) is 6.44. The summed E-state index contributed by atoms with van der Waals surface area (Å²) in [5.74, 6) is -1.87. The lowest BCUT2D eigenvalue weighted by Gasteiger charge is -2.17. The molecule has 0 unspecified atom stereocenters. The Bertz CT molecular complexity index is 599. The van der Waals surface area contributed by atoms with Crippen LogP contribution >= 0.6 is 0 Å². The van der Waals surface area contributed by atoms with Crippen molar-refractivity contribution in [2.24, 2.45) is 0 Å². The highest BCUT2D eigenvalue weighted by atomic mass is 32.2. The summed E-state index contributed by atoms with van der Waals surface area (Å²) in [5.41, 5.74) is -0.454. The first-order chi connectivity index (χ1) is 9.80. The van der Waals surface area contributed by atoms with Crippen LogP contribution in [0.2, 0.25) is 0 Å². The smallest absolute Gasteiger partial charge is 0.339 e. The first kappa shape index (κ1) is 17.4. The Balaban J connectivity index is 2.92. The van der Waals surface area contributed by atoms with Gasteiger partial charge in [0.05, 0.1) is 4.90 Å². The third kappa shape index (κ3) is 4.42. The number of aliphatic hydroxyl groups excluding tert-OH is 1. The van der Waals surface area contributed by atoms with E-state index < -0.39 is 27.3 Å². The predicted molar refractivity (Wildman–Crippen MR) is 75.8 cm³/mol. The van der Waals surface area contributed by atoms with Crippen LogP contribution in [0.4, 0.5) is 0 Å². The monoisotopic (exact) mass is 317 g/mol. The summed E-state index contributed by atoms with van der Waals surface area (Å²) in [6.45, 7) is 0.335. The number of carboxylic acid groups (broad SMARTS) is 1. The van der Waals surface area contributed by atoms with Crippen LogP contribution in [0, 0.1) is 0 Å². The van der Waals surface area contributed by atoms with E-state index in [-0.39, 0.29) is 18.0 Å². The van der Waals surface area contributed by atoms with E-state index >= 15 is 0 Å². The number of nitrogens with zero attached hydrogens (tertiary/aromatic N) is 1. The van der Waals surface area contributed by atoms with Gasteiger partial charge < -0.3 is 15.3 Å². The van der Waals surface area contributed by atoms with Crippen molar-refractivity contribution in [3.8, 4) is 5.75 Å². The van der Waals surface area contributed by atoms with Crippen molar-refractivity contribution in [3.05, 3.63) is 23.8 Å². The Morgan fingerprint density at radius 2 is 1.90 bits per heavy atom. The third-order valence-corrected chi connectivity index (χ3v) is 4.89. The van der Waals surface area contributed by atoms with Gasteiger partial charge in [-0.25, -0.2) is 17.5 Å². The molecule has 0 heterocycles. The highest BCUT2D eigenvalue weighted by molar-refractivity contribution is 7.89. The highest BCUT2D eigenvalue weighted by Gasteiger charge is 2.23. The quantitative estimate of drug-likeness (QED) is 0.613. The molecule has 0 fully saturated rings. The van der Waals surface area contributed by atoms with Crippen molar-refractivity contribution in [2.75, 3.05) is 20.2 Å². The standard InChI is InChI=1S/C13H19NO6S/c1-14(7-3-2-4-8-15)21(19,20)10-5-6-12(16)11(9-10)13(17)18/h5-6,9,15-16H,2-4,7-8H2,1H3,(H,17,18). The average Bonchev–Trinajstić information content (AvgIpc) is 2.43. The summed E-state index contributed by atoms with van der Waals surface area (Å²) in [6, 6.07) is 3.16. The maximum absolute atomic E-state index is 12.3. The molecule has 1 aromatic rings. The molecule has 1 rings (SSSR count). The predicted octanol–water partition coefficient (Wildman–Crippen LogP) is 0.873. The minimum absolute atomic E-state index is 0.0659. The van der Waals surface area contributed by atoms with Gasteiger partial charge in [0, 0.05) is 20.2 Å². The molecule has 7 nitrogen and oxygen atoms in total. The fraction of sp³-hybridized carbons (Fsp3) is 0.462. The molecule has 21 heavy (non-hydrogen) atoms. The maximum Gasteiger partial charge on any atom is 0.339 e. The van der Waals surface area contributed by atoms with Gasteiger partial charge in [-0.15, -0.1) is 0 Å². The number of aliphatic hydroxyl groups is 1. The second-order valence-corrected chi connectivity index (χ2v) is 6.64. The molecular formula is C13H19NO6S. The van der Waals surface area contributed by atoms with E-state index in [9.17, 15) is 18.3 Å². The van der Waals surface area contributed by atoms with Gasteiger partial charge in [0.1, 0.15) is 11.3 Å². The number of hydrogen-bond acceptors (Lipinski definition) is 5. The summed E-state index contributed by atoms with van der Waals surface area (Å²) in [6.07, 6.45) is 1.91. The normalized spacial score (nSPS) is 11.8. The van der Waals surface area contributed by atoms with Crippen LogP contribution in [0.1, 0.15) is 29.6 Å². The summed E-state index contributed by atoms with van der Waals surface area (Å²) < 4.78 is 25.7. The molecule has 0 atom stereocenters. The van der Waals surface area contributed by atoms with Crippen molar-refractivity contribution in [3.63, 3.8) is 0 Å². The van der Waals surface area contributed by atoms with E-state index in [0.29, 0.717) is 19.3 Å². The highest BCUT2D eigenvalue weighted by Crippen LogP contribution is 2.23. The Labute approximate surface area is 123 Å². The van der Waals surface area contributed by atoms with E-state index in [1.165, 1.54) is 13.1 Å². The van der Waals surface area contributed by atoms with E-state index in [1.807, 2.05) is 0 Å². The van der Waals surface area contributed by atoms with Gasteiger partial charge in [0.2, 0.25) is 10.0 Å². The molecule has 0 aromatic heterocycles. The van der Waals surface area contributed by atoms with Gasteiger partial charge in [0.15, 0.2) is 0 Å². The van der Waals surface area contributed by atoms with Crippen LogP contribution in [-0.2, 0) is 10.0 Å². The maximum atomic E-state index is 12.3. The lowest BCUT2D eigenvalue weighted by atomic mass is 10.2. The van der Waals surface area contributed by atoms with E-state index in [2.05, 4.69) is 0 Å². The van der Waals surface area contributed by atoms with E-state index in [1.54, 1.807) is 0 Å². The van der Waals surface area contributed by atoms with E-state index in [4.69, 9.17) is 10.2 Å². The minimum atomic E-state index is -3.80. The largest absolute Gasteiger partial charge is 0.507 e. The minimum Gasteiger partial charge on any atom is -0.507 e. The van der Waals surface area contributed by atoms with Crippen LogP contribution in [0.5, 0.6) is 5.75 Å². The number of carbonyl (C=O) groups is 1. The van der Waals surface area contributed by atoms with E-state index in [0.717, 1.165) is 16.4 Å². The molecule has 0 saturated heterocycles. The topological polar surface area (TPSA) is 115 Å². The summed E-state index contributed by atoms with van der Waals surface area (Å²) in [4.78, 5) is 10.7. The number of benzene rings is 1. The Kier molecular flexibility index (Phi) is 6.13. The van der Waals surface area contributed by atoms with Crippen molar-refractivity contribution >= 4 is 16.0 Å². The fourth-order valence-electron chi connectivity index (χ4n) is 1.77. The first-order valence-corrected chi connectivity index (χ1v) is 7.88. The number of aromatic carboxylic acids is 1. The Hall–Kier alpha value is -1.64. The fourth-order valence-corrected chi connectivity index (χ4v) is 3.01. The van der Waals surface area contributed by atoms with Crippen LogP contribution in [-0.4, -0.2) is 54.2 Å². The van der Waals surface area contributed by atoms with Crippen molar-refractivity contribution in [1.29, 1.82) is 0 Å². The molecule has 0 amide bonds. The molecule has 118 valence electrons. The van der Waals surface area contributed by atoms with Crippen LogP contribution in [0.15, 0.2) is 23.1 Å². The van der Waals surface area contributed by atoms with Crippen LogP contribution in [0.25, 0.3) is 0 Å². The van der Waals surface area contributed by atoms with Crippen LogP contribution < -0.4 is 0 Å². The van der Waals surface area contributed by atoms with Gasteiger partial charge in [0.25, 0.3) is 0 Å². The number of carboxylic acids is 1. The van der Waals surface area contributed by atoms with Gasteiger partial charge in [-0.3, -0.25) is 0 Å². The van der Waals surface area contributed by atoms with Crippen molar-refractivity contribution in [1.82, 2.24) is 4.31 Å². The number of aromatic hydroxyl groups is 1. The molecular weight excluding hydrogens is 298 g/mol. The molecule has 0 bridgehead atoms. The molecule has 0 aliphatic rings. The Morgan fingerprint density at radius 1 is 1.24 bits per heavy atom. The van der Waals surface area contributed by atoms with Gasteiger partial charge in [-0.2, -0.15) is 0 Å². The van der Waals surface area contributed by atoms with Gasteiger partial charge in [-0.1, -0.05) is 0 Å². The number of sulfonamides is 1. The number of unbranched alkanes of at least 4 members (excludes halogenated alkanes) is 2. The lowest BCUT2D eigenvalue weighted by Crippen LogP contribution is -2.28. The molecule has 0 aliphatic heterocycles. The zero-order chi connectivity index (χ0) is 16.0. The zero-order valence-corrected chi connectivity index (χ0v) is 12.5. The molecule has 0 spiro atoms. The third-order valence-electron chi connectivity index (χ3n) is 3.04. The molecule has 8 heteroatoms. The van der Waals surface area contributed by atoms with Gasteiger partial charge in [-0.05, 0) is 37.5 Å².